The molecule has 0 heterocycles. The standard InChI is InChI=1S/C14H19ClN2O4/c15-11-6-2-1-5-10(11)9-21-14(20)17-12(13(18)19)7-3-4-8-16/h1-2,5-6,12H,3-4,7-9,16H2,(H,17,20)(H,18,19)/t12-/m0/s1. The molecular formula is C14H19ClN2O4. The number of unbranched alkanes of at least 4 members (excludes halogenated alkanes) is 1. The number of carbonyl (C=O) groups excluding carboxylic acids is 1. The Balaban J connectivity index is 2.43. The van der Waals surface area contributed by atoms with Crippen LogP contribution in [0.3, 0.4) is 0 Å². The average molecular weight is 315 g/mol. The van der Waals surface area contributed by atoms with Crippen LogP contribution in [0, 0.1) is 0 Å². The van der Waals surface area contributed by atoms with Crippen LogP contribution < -0.4 is 11.1 Å². The molecule has 0 radical (unpaired) electrons. The summed E-state index contributed by atoms with van der Waals surface area (Å²) < 4.78 is 4.97. The molecule has 0 aliphatic carbocycles. The number of aliphatic carboxylic acids is 1. The molecule has 0 fully saturated rings. The lowest BCUT2D eigenvalue weighted by molar-refractivity contribution is -0.139. The highest BCUT2D eigenvalue weighted by Crippen LogP contribution is 2.15. The molecule has 0 spiro atoms. The maximum Gasteiger partial charge on any atom is 0.408 e. The van der Waals surface area contributed by atoms with Crippen LogP contribution in [0.2, 0.25) is 5.02 Å². The van der Waals surface area contributed by atoms with Crippen LogP contribution in [-0.2, 0) is 16.1 Å². The third-order valence-electron chi connectivity index (χ3n) is 2.85. The molecule has 0 bridgehead atoms. The Morgan fingerprint density at radius 3 is 2.67 bits per heavy atom. The van der Waals surface area contributed by atoms with Gasteiger partial charge in [-0.3, -0.25) is 0 Å². The van der Waals surface area contributed by atoms with E-state index in [1.165, 1.54) is 0 Å². The second kappa shape index (κ2) is 9.20. The number of amides is 1. The molecule has 1 amide bonds. The summed E-state index contributed by atoms with van der Waals surface area (Å²) in [5.41, 5.74) is 6.00. The zero-order valence-electron chi connectivity index (χ0n) is 11.5. The van der Waals surface area contributed by atoms with Crippen LogP contribution >= 0.6 is 11.6 Å². The Bertz CT molecular complexity index is 482. The van der Waals surface area contributed by atoms with E-state index in [-0.39, 0.29) is 6.61 Å². The topological polar surface area (TPSA) is 102 Å². The zero-order chi connectivity index (χ0) is 15.7. The fourth-order valence-corrected chi connectivity index (χ4v) is 1.88. The van der Waals surface area contributed by atoms with Gasteiger partial charge in [0, 0.05) is 10.6 Å². The van der Waals surface area contributed by atoms with Crippen molar-refractivity contribution in [3.63, 3.8) is 0 Å². The van der Waals surface area contributed by atoms with Gasteiger partial charge >= 0.3 is 12.1 Å². The molecule has 0 unspecified atom stereocenters. The highest BCUT2D eigenvalue weighted by atomic mass is 35.5. The van der Waals surface area contributed by atoms with Crippen LogP contribution in [0.1, 0.15) is 24.8 Å². The minimum atomic E-state index is -1.10. The van der Waals surface area contributed by atoms with Crippen molar-refractivity contribution in [3.8, 4) is 0 Å². The fourth-order valence-electron chi connectivity index (χ4n) is 1.69. The minimum absolute atomic E-state index is 0.0132. The van der Waals surface area contributed by atoms with E-state index >= 15 is 0 Å². The molecule has 6 nitrogen and oxygen atoms in total. The Hall–Kier alpha value is -1.79. The maximum atomic E-state index is 11.6. The summed E-state index contributed by atoms with van der Waals surface area (Å²) >= 11 is 5.93. The van der Waals surface area contributed by atoms with Crippen molar-refractivity contribution in [2.75, 3.05) is 6.54 Å². The van der Waals surface area contributed by atoms with Gasteiger partial charge in [-0.05, 0) is 31.9 Å². The van der Waals surface area contributed by atoms with Gasteiger partial charge in [-0.1, -0.05) is 29.8 Å². The van der Waals surface area contributed by atoms with Gasteiger partial charge in [0.25, 0.3) is 0 Å². The number of hydrogen-bond donors (Lipinski definition) is 3. The highest BCUT2D eigenvalue weighted by molar-refractivity contribution is 6.31. The van der Waals surface area contributed by atoms with Crippen LogP contribution in [0.15, 0.2) is 24.3 Å². The molecule has 21 heavy (non-hydrogen) atoms. The smallest absolute Gasteiger partial charge is 0.408 e. The first kappa shape index (κ1) is 17.3. The van der Waals surface area contributed by atoms with Crippen molar-refractivity contribution in [3.05, 3.63) is 34.9 Å². The molecule has 0 aliphatic heterocycles. The van der Waals surface area contributed by atoms with E-state index in [0.717, 1.165) is 0 Å². The van der Waals surface area contributed by atoms with Crippen molar-refractivity contribution in [2.45, 2.75) is 31.9 Å². The number of rotatable bonds is 8. The third-order valence-corrected chi connectivity index (χ3v) is 3.22. The Morgan fingerprint density at radius 1 is 1.33 bits per heavy atom. The summed E-state index contributed by atoms with van der Waals surface area (Å²) in [5.74, 6) is -1.10. The van der Waals surface area contributed by atoms with E-state index < -0.39 is 18.1 Å². The number of alkyl carbamates (subject to hydrolysis) is 1. The minimum Gasteiger partial charge on any atom is -0.480 e. The van der Waals surface area contributed by atoms with Gasteiger partial charge < -0.3 is 20.9 Å². The monoisotopic (exact) mass is 314 g/mol. The highest BCUT2D eigenvalue weighted by Gasteiger charge is 2.20. The molecule has 4 N–H and O–H groups in total. The van der Waals surface area contributed by atoms with Crippen molar-refractivity contribution in [1.82, 2.24) is 5.32 Å². The number of benzene rings is 1. The van der Waals surface area contributed by atoms with E-state index in [1.807, 2.05) is 0 Å². The predicted molar refractivity (Wildman–Crippen MR) is 79.1 cm³/mol. The number of carboxylic acids is 1. The van der Waals surface area contributed by atoms with Gasteiger partial charge in [0.2, 0.25) is 0 Å². The first-order chi connectivity index (χ1) is 10.0. The molecule has 1 rings (SSSR count). The zero-order valence-corrected chi connectivity index (χ0v) is 12.3. The molecule has 1 atom stereocenters. The fraction of sp³-hybridized carbons (Fsp3) is 0.429. The summed E-state index contributed by atoms with van der Waals surface area (Å²) in [4.78, 5) is 22.6. The van der Waals surface area contributed by atoms with Crippen LogP contribution in [0.4, 0.5) is 4.79 Å². The van der Waals surface area contributed by atoms with E-state index in [9.17, 15) is 9.59 Å². The first-order valence-electron chi connectivity index (χ1n) is 6.64. The van der Waals surface area contributed by atoms with Gasteiger partial charge in [0.15, 0.2) is 0 Å². The summed E-state index contributed by atoms with van der Waals surface area (Å²) in [5, 5.41) is 11.8. The molecule has 0 saturated carbocycles. The second-order valence-electron chi connectivity index (χ2n) is 4.49. The molecule has 0 aliphatic rings. The van der Waals surface area contributed by atoms with Crippen molar-refractivity contribution in [1.29, 1.82) is 0 Å². The Labute approximate surface area is 128 Å². The molecule has 1 aromatic carbocycles. The number of halogens is 1. The number of nitrogens with one attached hydrogen (secondary N) is 1. The molecule has 116 valence electrons. The lowest BCUT2D eigenvalue weighted by Crippen LogP contribution is -2.41. The van der Waals surface area contributed by atoms with Crippen molar-refractivity contribution < 1.29 is 19.4 Å². The van der Waals surface area contributed by atoms with Crippen LogP contribution in [-0.4, -0.2) is 29.8 Å². The van der Waals surface area contributed by atoms with E-state index in [4.69, 9.17) is 27.2 Å². The summed E-state index contributed by atoms with van der Waals surface area (Å²) in [6.07, 6.45) is 0.863. The first-order valence-corrected chi connectivity index (χ1v) is 7.02. The molecular weight excluding hydrogens is 296 g/mol. The Morgan fingerprint density at radius 2 is 2.05 bits per heavy atom. The van der Waals surface area contributed by atoms with Crippen LogP contribution in [0.25, 0.3) is 0 Å². The predicted octanol–water partition coefficient (Wildman–Crippen LogP) is 2.15. The maximum absolute atomic E-state index is 11.6. The normalized spacial score (nSPS) is 11.7. The molecule has 7 heteroatoms. The van der Waals surface area contributed by atoms with E-state index in [0.29, 0.717) is 36.4 Å². The Kier molecular flexibility index (Phi) is 7.56. The largest absolute Gasteiger partial charge is 0.480 e. The van der Waals surface area contributed by atoms with Gasteiger partial charge in [-0.2, -0.15) is 0 Å². The molecule has 1 aromatic rings. The number of ether oxygens (including phenoxy) is 1. The lowest BCUT2D eigenvalue weighted by atomic mass is 10.1. The van der Waals surface area contributed by atoms with E-state index in [2.05, 4.69) is 5.32 Å². The lowest BCUT2D eigenvalue weighted by Gasteiger charge is -2.14. The number of nitrogens with two attached hydrogens (primary N) is 1. The molecule has 0 aromatic heterocycles. The average Bonchev–Trinajstić information content (AvgIpc) is 2.45. The summed E-state index contributed by atoms with van der Waals surface area (Å²) in [6.45, 7) is 0.476. The van der Waals surface area contributed by atoms with Crippen molar-refractivity contribution in [2.24, 2.45) is 5.73 Å². The van der Waals surface area contributed by atoms with Crippen molar-refractivity contribution >= 4 is 23.7 Å². The number of hydrogen-bond acceptors (Lipinski definition) is 4. The molecule has 0 saturated heterocycles. The number of carbonyl (C=O) groups is 2. The quantitative estimate of drug-likeness (QED) is 0.638. The summed E-state index contributed by atoms with van der Waals surface area (Å²) in [6, 6.07) is 5.98. The van der Waals surface area contributed by atoms with Gasteiger partial charge in [0.1, 0.15) is 12.6 Å². The number of carboxylic acid groups (broad SMARTS) is 1. The van der Waals surface area contributed by atoms with Crippen LogP contribution in [0.5, 0.6) is 0 Å². The van der Waals surface area contributed by atoms with Gasteiger partial charge in [0.05, 0.1) is 0 Å². The summed E-state index contributed by atoms with van der Waals surface area (Å²) in [7, 11) is 0. The SMILES string of the molecule is NCCCC[C@H](NC(=O)OCc1ccccc1Cl)C(=O)O. The van der Waals surface area contributed by atoms with E-state index in [1.54, 1.807) is 24.3 Å². The van der Waals surface area contributed by atoms with Gasteiger partial charge in [-0.25, -0.2) is 9.59 Å². The second-order valence-corrected chi connectivity index (χ2v) is 4.89. The third kappa shape index (κ3) is 6.46. The van der Waals surface area contributed by atoms with Gasteiger partial charge in [-0.15, -0.1) is 0 Å².